The predicted octanol–water partition coefficient (Wildman–Crippen LogP) is 3.89. The topological polar surface area (TPSA) is 72.2 Å². The molecular weight excluding hydrogens is 352 g/mol. The smallest absolute Gasteiger partial charge is 0.238 e. The molecule has 0 unspecified atom stereocenters. The Kier molecular flexibility index (Phi) is 5.24. The molecule has 4 nitrogen and oxygen atoms in total. The summed E-state index contributed by atoms with van der Waals surface area (Å²) in [5, 5.41) is 5.48. The van der Waals surface area contributed by atoms with Crippen LogP contribution < -0.4 is 9.86 Å². The summed E-state index contributed by atoms with van der Waals surface area (Å²) in [4.78, 5) is 1.17. The van der Waals surface area contributed by atoms with Gasteiger partial charge < -0.3 is 0 Å². The maximum Gasteiger partial charge on any atom is 0.238 e. The number of rotatable bonds is 5. The van der Waals surface area contributed by atoms with Crippen molar-refractivity contribution in [2.75, 3.05) is 7.05 Å². The Morgan fingerprint density at radius 2 is 1.48 bits per heavy atom. The van der Waals surface area contributed by atoms with Crippen molar-refractivity contribution in [2.24, 2.45) is 5.14 Å². The molecule has 0 aromatic heterocycles. The number of hydrogen-bond donors (Lipinski definition) is 2. The Hall–Kier alpha value is -2.12. The second kappa shape index (κ2) is 7.41. The van der Waals surface area contributed by atoms with Crippen molar-refractivity contribution in [3.8, 4) is 22.3 Å². The summed E-state index contributed by atoms with van der Waals surface area (Å²) in [6.07, 6.45) is 0. The molecular formula is C19H18N2O2S2. The van der Waals surface area contributed by atoms with Crippen molar-refractivity contribution in [3.63, 3.8) is 0 Å². The summed E-state index contributed by atoms with van der Waals surface area (Å²) in [6, 6.07) is 22.6. The van der Waals surface area contributed by atoms with Crippen molar-refractivity contribution < 1.29 is 8.42 Å². The first kappa shape index (κ1) is 17.7. The van der Waals surface area contributed by atoms with Crippen LogP contribution in [-0.4, -0.2) is 15.5 Å². The van der Waals surface area contributed by atoms with E-state index in [1.807, 2.05) is 73.8 Å². The summed E-state index contributed by atoms with van der Waals surface area (Å²) in [6.45, 7) is 0. The zero-order chi connectivity index (χ0) is 17.9. The van der Waals surface area contributed by atoms with Crippen LogP contribution in [0.2, 0.25) is 0 Å². The standard InChI is InChI=1S/C19H18N2O2S2/c1-21-24-17-10-7-15(8-11-17)18-12-9-16(13-19(18)25(20,22)23)14-5-3-2-4-6-14/h2-13,21H,1H3,(H2,20,22,23). The molecule has 3 aromatic rings. The maximum atomic E-state index is 12.1. The fourth-order valence-corrected chi connectivity index (χ4v) is 3.92. The lowest BCUT2D eigenvalue weighted by molar-refractivity contribution is 0.598. The van der Waals surface area contributed by atoms with E-state index in [-0.39, 0.29) is 4.90 Å². The lowest BCUT2D eigenvalue weighted by Crippen LogP contribution is -2.13. The van der Waals surface area contributed by atoms with E-state index in [0.717, 1.165) is 21.6 Å². The number of hydrogen-bond acceptors (Lipinski definition) is 4. The second-order valence-corrected chi connectivity index (χ2v) is 8.07. The van der Waals surface area contributed by atoms with Crippen LogP contribution in [0.3, 0.4) is 0 Å². The summed E-state index contributed by atoms with van der Waals surface area (Å²) in [5.74, 6) is 0. The maximum absolute atomic E-state index is 12.1. The average Bonchev–Trinajstić information content (AvgIpc) is 2.62. The molecule has 0 spiro atoms. The van der Waals surface area contributed by atoms with Gasteiger partial charge in [0.1, 0.15) is 0 Å². The first-order valence-electron chi connectivity index (χ1n) is 7.65. The van der Waals surface area contributed by atoms with Gasteiger partial charge in [-0.15, -0.1) is 0 Å². The van der Waals surface area contributed by atoms with E-state index in [1.54, 1.807) is 6.07 Å². The Labute approximate surface area is 152 Å². The molecule has 0 atom stereocenters. The molecule has 6 heteroatoms. The van der Waals surface area contributed by atoms with Gasteiger partial charge in [0.2, 0.25) is 10.0 Å². The highest BCUT2D eigenvalue weighted by Crippen LogP contribution is 2.32. The summed E-state index contributed by atoms with van der Waals surface area (Å²) in [5.41, 5.74) is 3.17. The van der Waals surface area contributed by atoms with E-state index in [4.69, 9.17) is 5.14 Å². The van der Waals surface area contributed by atoms with Gasteiger partial charge in [-0.05, 0) is 53.9 Å². The summed E-state index contributed by atoms with van der Waals surface area (Å²) < 4.78 is 27.3. The van der Waals surface area contributed by atoms with Crippen molar-refractivity contribution >= 4 is 22.0 Å². The monoisotopic (exact) mass is 370 g/mol. The zero-order valence-corrected chi connectivity index (χ0v) is 15.3. The molecule has 0 amide bonds. The Balaban J connectivity index is 2.10. The SMILES string of the molecule is CNSc1ccc(-c2ccc(-c3ccccc3)cc2S(N)(=O)=O)cc1. The Morgan fingerprint density at radius 3 is 2.08 bits per heavy atom. The van der Waals surface area contributed by atoms with Gasteiger partial charge in [-0.3, -0.25) is 4.72 Å². The molecule has 0 radical (unpaired) electrons. The molecule has 0 aliphatic rings. The fraction of sp³-hybridized carbons (Fsp3) is 0.0526. The van der Waals surface area contributed by atoms with Gasteiger partial charge in [0.15, 0.2) is 0 Å². The first-order valence-corrected chi connectivity index (χ1v) is 10.0. The number of primary sulfonamides is 1. The van der Waals surface area contributed by atoms with Gasteiger partial charge in [-0.25, -0.2) is 13.6 Å². The highest BCUT2D eigenvalue weighted by molar-refractivity contribution is 7.97. The minimum absolute atomic E-state index is 0.128. The van der Waals surface area contributed by atoms with Gasteiger partial charge in [0, 0.05) is 10.5 Å². The zero-order valence-electron chi connectivity index (χ0n) is 13.6. The molecule has 0 saturated heterocycles. The minimum atomic E-state index is -3.85. The first-order chi connectivity index (χ1) is 12.0. The highest BCUT2D eigenvalue weighted by Gasteiger charge is 2.16. The summed E-state index contributed by atoms with van der Waals surface area (Å²) >= 11 is 1.50. The second-order valence-electron chi connectivity index (χ2n) is 5.45. The van der Waals surface area contributed by atoms with Gasteiger partial charge >= 0.3 is 0 Å². The van der Waals surface area contributed by atoms with Crippen LogP contribution in [0.15, 0.2) is 82.6 Å². The molecule has 128 valence electrons. The summed E-state index contributed by atoms with van der Waals surface area (Å²) in [7, 11) is -2.00. The van der Waals surface area contributed by atoms with Crippen LogP contribution in [0.1, 0.15) is 0 Å². The van der Waals surface area contributed by atoms with Gasteiger partial charge in [0.05, 0.1) is 4.90 Å². The third kappa shape index (κ3) is 4.11. The molecule has 0 fully saturated rings. The largest absolute Gasteiger partial charge is 0.263 e. The predicted molar refractivity (Wildman–Crippen MR) is 104 cm³/mol. The highest BCUT2D eigenvalue weighted by atomic mass is 32.2. The van der Waals surface area contributed by atoms with E-state index in [0.29, 0.717) is 5.56 Å². The van der Waals surface area contributed by atoms with Crippen LogP contribution in [0.5, 0.6) is 0 Å². The Morgan fingerprint density at radius 1 is 0.840 bits per heavy atom. The molecule has 25 heavy (non-hydrogen) atoms. The van der Waals surface area contributed by atoms with Gasteiger partial charge in [-0.1, -0.05) is 54.6 Å². The minimum Gasteiger partial charge on any atom is -0.263 e. The van der Waals surface area contributed by atoms with Crippen LogP contribution >= 0.6 is 11.9 Å². The van der Waals surface area contributed by atoms with Gasteiger partial charge in [-0.2, -0.15) is 0 Å². The number of nitrogens with two attached hydrogens (primary N) is 1. The molecule has 0 aliphatic heterocycles. The number of sulfonamides is 1. The van der Waals surface area contributed by atoms with Crippen molar-refractivity contribution in [2.45, 2.75) is 9.79 Å². The third-order valence-electron chi connectivity index (χ3n) is 3.78. The van der Waals surface area contributed by atoms with Crippen LogP contribution in [0.4, 0.5) is 0 Å². The van der Waals surface area contributed by atoms with Crippen molar-refractivity contribution in [3.05, 3.63) is 72.8 Å². The molecule has 0 aliphatic carbocycles. The quantitative estimate of drug-likeness (QED) is 0.668. The van der Waals surface area contributed by atoms with E-state index in [2.05, 4.69) is 4.72 Å². The van der Waals surface area contributed by atoms with Crippen LogP contribution in [-0.2, 0) is 10.0 Å². The van der Waals surface area contributed by atoms with E-state index >= 15 is 0 Å². The third-order valence-corrected chi connectivity index (χ3v) is 5.44. The number of benzene rings is 3. The van der Waals surface area contributed by atoms with E-state index in [1.165, 1.54) is 11.9 Å². The molecule has 0 heterocycles. The van der Waals surface area contributed by atoms with Crippen LogP contribution in [0.25, 0.3) is 22.3 Å². The molecule has 0 bridgehead atoms. The van der Waals surface area contributed by atoms with Gasteiger partial charge in [0.25, 0.3) is 0 Å². The lowest BCUT2D eigenvalue weighted by Gasteiger charge is -2.11. The van der Waals surface area contributed by atoms with Crippen LogP contribution in [0, 0.1) is 0 Å². The molecule has 3 aromatic carbocycles. The molecule has 0 saturated carbocycles. The Bertz CT molecular complexity index is 970. The van der Waals surface area contributed by atoms with Crippen molar-refractivity contribution in [1.29, 1.82) is 0 Å². The van der Waals surface area contributed by atoms with E-state index in [9.17, 15) is 8.42 Å². The molecule has 3 rings (SSSR count). The molecule has 3 N–H and O–H groups in total. The van der Waals surface area contributed by atoms with Crippen molar-refractivity contribution in [1.82, 2.24) is 4.72 Å². The van der Waals surface area contributed by atoms with E-state index < -0.39 is 10.0 Å². The fourth-order valence-electron chi connectivity index (χ4n) is 2.63. The average molecular weight is 370 g/mol. The normalized spacial score (nSPS) is 11.4. The number of nitrogens with one attached hydrogen (secondary N) is 1. The lowest BCUT2D eigenvalue weighted by atomic mass is 10.0.